The Labute approximate surface area is 233 Å². The number of rotatable bonds is 8. The molecule has 0 aliphatic heterocycles. The van der Waals surface area contributed by atoms with Crippen LogP contribution in [0, 0.1) is 5.41 Å². The molecule has 0 amide bonds. The van der Waals surface area contributed by atoms with Gasteiger partial charge in [-0.25, -0.2) is 4.98 Å². The summed E-state index contributed by atoms with van der Waals surface area (Å²) in [4.78, 5) is 11.0. The number of aliphatic hydroxyl groups is 1. The van der Waals surface area contributed by atoms with E-state index in [0.29, 0.717) is 53.2 Å². The highest BCUT2D eigenvalue weighted by molar-refractivity contribution is 6.07. The van der Waals surface area contributed by atoms with Crippen LogP contribution in [-0.2, 0) is 19.0 Å². The van der Waals surface area contributed by atoms with E-state index in [1.807, 2.05) is 26.0 Å². The zero-order valence-electron chi connectivity index (χ0n) is 23.4. The average molecular weight is 558 g/mol. The van der Waals surface area contributed by atoms with Crippen LogP contribution in [0.25, 0.3) is 27.9 Å². The fraction of sp³-hybridized carbons (Fsp3) is 0.414. The van der Waals surface area contributed by atoms with E-state index < -0.39 is 17.8 Å². The third-order valence-electron chi connectivity index (χ3n) is 6.76. The lowest BCUT2D eigenvalue weighted by molar-refractivity contribution is -0.136. The zero-order valence-corrected chi connectivity index (χ0v) is 23.4. The number of nitrogens with zero attached hydrogens (tertiary/aromatic N) is 3. The minimum Gasteiger partial charge on any atom is -0.398 e. The van der Waals surface area contributed by atoms with Gasteiger partial charge in [0.1, 0.15) is 0 Å². The quantitative estimate of drug-likeness (QED) is 0.209. The largest absolute Gasteiger partial charge is 0.418 e. The SMILES string of the molecule is C=C(NCCN(C)C)c1ccc(-c2nc3c(C(F)(F)F)cc(N)c(C=N)c3c3c2CC(O)CC3)cn1.CCNC. The number of likely N-dealkylation sites (N-methyl/N-ethyl adjacent to an activating group) is 1. The van der Waals surface area contributed by atoms with Crippen LogP contribution in [0.15, 0.2) is 31.0 Å². The Morgan fingerprint density at radius 3 is 2.55 bits per heavy atom. The van der Waals surface area contributed by atoms with Gasteiger partial charge in [-0.2, -0.15) is 13.2 Å². The van der Waals surface area contributed by atoms with E-state index in [4.69, 9.17) is 11.1 Å². The van der Waals surface area contributed by atoms with Crippen LogP contribution < -0.4 is 16.4 Å². The molecule has 2 heterocycles. The van der Waals surface area contributed by atoms with Crippen molar-refractivity contribution in [2.45, 2.75) is 38.5 Å². The van der Waals surface area contributed by atoms with Gasteiger partial charge in [-0.1, -0.05) is 13.5 Å². The average Bonchev–Trinajstić information content (AvgIpc) is 2.91. The van der Waals surface area contributed by atoms with Crippen LogP contribution in [0.1, 0.15) is 41.3 Å². The number of halogens is 3. The molecule has 216 valence electrons. The van der Waals surface area contributed by atoms with Crippen LogP contribution >= 0.6 is 0 Å². The maximum absolute atomic E-state index is 14.0. The van der Waals surface area contributed by atoms with E-state index >= 15 is 0 Å². The summed E-state index contributed by atoms with van der Waals surface area (Å²) in [6.45, 7) is 8.65. The van der Waals surface area contributed by atoms with E-state index in [9.17, 15) is 18.3 Å². The van der Waals surface area contributed by atoms with Crippen LogP contribution in [0.5, 0.6) is 0 Å². The second-order valence-electron chi connectivity index (χ2n) is 9.95. The Morgan fingerprint density at radius 1 is 1.30 bits per heavy atom. The van der Waals surface area contributed by atoms with E-state index in [2.05, 4.69) is 34.1 Å². The molecule has 0 saturated carbocycles. The topological polar surface area (TPSA) is 123 Å². The minimum atomic E-state index is -4.68. The molecule has 1 aromatic carbocycles. The monoisotopic (exact) mass is 557 g/mol. The molecule has 1 aliphatic carbocycles. The van der Waals surface area contributed by atoms with Gasteiger partial charge in [0.05, 0.1) is 34.3 Å². The molecule has 3 aromatic rings. The van der Waals surface area contributed by atoms with Crippen LogP contribution in [0.4, 0.5) is 18.9 Å². The van der Waals surface area contributed by atoms with Gasteiger partial charge in [-0.15, -0.1) is 0 Å². The Hall–Kier alpha value is -3.54. The van der Waals surface area contributed by atoms with Gasteiger partial charge in [-0.05, 0) is 69.9 Å². The predicted molar refractivity (Wildman–Crippen MR) is 155 cm³/mol. The summed E-state index contributed by atoms with van der Waals surface area (Å²) in [7, 11) is 5.87. The molecular weight excluding hydrogens is 519 g/mol. The normalized spacial score (nSPS) is 14.9. The number of nitrogen functional groups attached to an aromatic ring is 1. The van der Waals surface area contributed by atoms with Gasteiger partial charge < -0.3 is 31.8 Å². The van der Waals surface area contributed by atoms with Crippen molar-refractivity contribution >= 4 is 28.5 Å². The maximum Gasteiger partial charge on any atom is 0.418 e. The Bertz CT molecular complexity index is 1350. The lowest BCUT2D eigenvalue weighted by atomic mass is 9.83. The van der Waals surface area contributed by atoms with Gasteiger partial charge in [0.25, 0.3) is 0 Å². The van der Waals surface area contributed by atoms with Crippen LogP contribution in [0.2, 0.25) is 0 Å². The second kappa shape index (κ2) is 13.2. The third kappa shape index (κ3) is 6.96. The summed E-state index contributed by atoms with van der Waals surface area (Å²) >= 11 is 0. The van der Waals surface area contributed by atoms with Gasteiger partial charge in [0, 0.05) is 54.1 Å². The van der Waals surface area contributed by atoms with Crippen molar-refractivity contribution in [1.82, 2.24) is 25.5 Å². The summed E-state index contributed by atoms with van der Waals surface area (Å²) in [5, 5.41) is 24.6. The van der Waals surface area contributed by atoms with Crippen molar-refractivity contribution < 1.29 is 18.3 Å². The number of nitrogens with two attached hydrogens (primary N) is 1. The predicted octanol–water partition coefficient (Wildman–Crippen LogP) is 4.09. The number of hydrogen-bond acceptors (Lipinski definition) is 8. The zero-order chi connectivity index (χ0) is 29.6. The second-order valence-corrected chi connectivity index (χ2v) is 9.95. The molecular formula is C29H38F3N7O. The summed E-state index contributed by atoms with van der Waals surface area (Å²) in [5.41, 5.74) is 8.24. The van der Waals surface area contributed by atoms with E-state index in [1.165, 1.54) is 0 Å². The van der Waals surface area contributed by atoms with Crippen LogP contribution in [-0.4, -0.2) is 73.1 Å². The summed E-state index contributed by atoms with van der Waals surface area (Å²) in [5.74, 6) is 0. The lowest BCUT2D eigenvalue weighted by Gasteiger charge is -2.27. The van der Waals surface area contributed by atoms with Crippen molar-refractivity contribution in [2.24, 2.45) is 0 Å². The highest BCUT2D eigenvalue weighted by Gasteiger charge is 2.36. The maximum atomic E-state index is 14.0. The first-order valence-electron chi connectivity index (χ1n) is 13.1. The number of pyridine rings is 2. The molecule has 0 fully saturated rings. The summed E-state index contributed by atoms with van der Waals surface area (Å²) in [6.07, 6.45) is -1.81. The molecule has 1 aliphatic rings. The fourth-order valence-electron chi connectivity index (χ4n) is 4.59. The first-order valence-corrected chi connectivity index (χ1v) is 13.1. The van der Waals surface area contributed by atoms with E-state index in [-0.39, 0.29) is 28.6 Å². The molecule has 40 heavy (non-hydrogen) atoms. The number of aryl methyl sites for hydroxylation is 1. The lowest BCUT2D eigenvalue weighted by Crippen LogP contribution is -2.25. The first-order chi connectivity index (χ1) is 18.9. The fourth-order valence-corrected chi connectivity index (χ4v) is 4.59. The molecule has 0 bridgehead atoms. The molecule has 2 aromatic heterocycles. The van der Waals surface area contributed by atoms with Gasteiger partial charge in [-0.3, -0.25) is 4.98 Å². The first kappa shape index (κ1) is 31.0. The number of hydrogen-bond donors (Lipinski definition) is 5. The number of aromatic nitrogens is 2. The molecule has 1 unspecified atom stereocenters. The number of fused-ring (bicyclic) bond motifs is 3. The third-order valence-corrected chi connectivity index (χ3v) is 6.76. The molecule has 1 atom stereocenters. The van der Waals surface area contributed by atoms with Crippen molar-refractivity contribution in [2.75, 3.05) is 46.5 Å². The smallest absolute Gasteiger partial charge is 0.398 e. The Balaban J connectivity index is 0.00000103. The number of aliphatic hydroxyl groups excluding tert-OH is 1. The number of nitrogens with one attached hydrogen (secondary N) is 3. The van der Waals surface area contributed by atoms with Crippen LogP contribution in [0.3, 0.4) is 0 Å². The summed E-state index contributed by atoms with van der Waals surface area (Å²) < 4.78 is 42.1. The minimum absolute atomic E-state index is 0.126. The van der Waals surface area contributed by atoms with Crippen molar-refractivity contribution in [3.05, 3.63) is 58.9 Å². The van der Waals surface area contributed by atoms with Crippen molar-refractivity contribution in [3.8, 4) is 11.3 Å². The molecule has 0 saturated heterocycles. The molecule has 0 spiro atoms. The number of anilines is 1. The number of alkyl halides is 3. The van der Waals surface area contributed by atoms with Crippen molar-refractivity contribution in [3.63, 3.8) is 0 Å². The van der Waals surface area contributed by atoms with Gasteiger partial charge >= 0.3 is 6.18 Å². The Kier molecular flexibility index (Phi) is 10.2. The standard InChI is InChI=1S/C26H29F3N6O.C3H9N/c1-14(32-8-9-35(2)3)22-7-4-15(13-33-22)24-18-10-16(36)5-6-17(18)23-19(12-30)21(31)11-20(25(23)34-24)26(27,28)29;1-3-4-2/h4,7,11-13,16,30,32,36H,1,5-6,8-10,31H2,2-3H3;4H,3H2,1-2H3. The van der Waals surface area contributed by atoms with Crippen molar-refractivity contribution in [1.29, 1.82) is 5.41 Å². The Morgan fingerprint density at radius 2 is 2.00 bits per heavy atom. The van der Waals surface area contributed by atoms with E-state index in [0.717, 1.165) is 25.4 Å². The van der Waals surface area contributed by atoms with E-state index in [1.54, 1.807) is 18.3 Å². The highest BCUT2D eigenvalue weighted by atomic mass is 19.4. The molecule has 8 nitrogen and oxygen atoms in total. The number of benzene rings is 1. The summed E-state index contributed by atoms with van der Waals surface area (Å²) in [6, 6.07) is 4.33. The van der Waals surface area contributed by atoms with Gasteiger partial charge in [0.15, 0.2) is 0 Å². The molecule has 0 radical (unpaired) electrons. The molecule has 6 N–H and O–H groups in total. The highest BCUT2D eigenvalue weighted by Crippen LogP contribution is 2.43. The molecule has 4 rings (SSSR count). The van der Waals surface area contributed by atoms with Gasteiger partial charge in [0.2, 0.25) is 0 Å². The molecule has 11 heteroatoms.